The lowest BCUT2D eigenvalue weighted by Gasteiger charge is -2.11. The molecular formula is C24H32FN3O4. The topological polar surface area (TPSA) is 103 Å². The van der Waals surface area contributed by atoms with Gasteiger partial charge in [0.25, 0.3) is 5.91 Å². The lowest BCUT2D eigenvalue weighted by Crippen LogP contribution is -2.23. The van der Waals surface area contributed by atoms with Crippen molar-refractivity contribution in [2.75, 3.05) is 25.6 Å². The maximum Gasteiger partial charge on any atom is 0.256 e. The Morgan fingerprint density at radius 1 is 1.28 bits per heavy atom. The predicted octanol–water partition coefficient (Wildman–Crippen LogP) is 3.48. The van der Waals surface area contributed by atoms with Crippen LogP contribution in [0.5, 0.6) is 0 Å². The van der Waals surface area contributed by atoms with Crippen LogP contribution in [0.2, 0.25) is 0 Å². The first kappa shape index (κ1) is 25.3. The number of H-pyrrole nitrogens is 1. The fourth-order valence-electron chi connectivity index (χ4n) is 3.34. The summed E-state index contributed by atoms with van der Waals surface area (Å²) in [7, 11) is 1.57. The number of hydrogen-bond acceptors (Lipinski definition) is 4. The molecule has 0 aliphatic carbocycles. The number of carbonyl (C=O) groups excluding carboxylic acids is 2. The van der Waals surface area contributed by atoms with Gasteiger partial charge >= 0.3 is 0 Å². The number of benzene rings is 1. The molecule has 0 radical (unpaired) electrons. The number of nitrogens with one attached hydrogen (secondary N) is 3. The molecule has 1 atom stereocenters. The van der Waals surface area contributed by atoms with E-state index in [0.717, 1.165) is 29.8 Å². The quantitative estimate of drug-likeness (QED) is 0.387. The molecule has 8 heteroatoms. The van der Waals surface area contributed by atoms with Gasteiger partial charge in [0.1, 0.15) is 5.82 Å². The second-order valence-corrected chi connectivity index (χ2v) is 7.78. The van der Waals surface area contributed by atoms with Crippen LogP contribution in [0.1, 0.15) is 47.8 Å². The van der Waals surface area contributed by atoms with Crippen molar-refractivity contribution in [3.63, 3.8) is 0 Å². The molecule has 7 nitrogen and oxygen atoms in total. The van der Waals surface area contributed by atoms with Gasteiger partial charge in [-0.25, -0.2) is 4.39 Å². The van der Waals surface area contributed by atoms with Gasteiger partial charge in [-0.05, 0) is 69.0 Å². The number of anilines is 1. The molecule has 174 valence electrons. The summed E-state index contributed by atoms with van der Waals surface area (Å²) in [6.45, 7) is 8.20. The number of rotatable bonds is 7. The minimum Gasteiger partial charge on any atom is -0.394 e. The summed E-state index contributed by atoms with van der Waals surface area (Å²) in [6, 6.07) is 4.31. The molecule has 0 fully saturated rings. The number of aromatic amines is 1. The van der Waals surface area contributed by atoms with Crippen LogP contribution in [0.4, 0.5) is 10.1 Å². The van der Waals surface area contributed by atoms with Crippen LogP contribution < -0.4 is 10.6 Å². The molecule has 1 aliphatic heterocycles. The summed E-state index contributed by atoms with van der Waals surface area (Å²) < 4.78 is 18.3. The van der Waals surface area contributed by atoms with E-state index < -0.39 is 0 Å². The molecule has 2 heterocycles. The van der Waals surface area contributed by atoms with Crippen molar-refractivity contribution in [3.8, 4) is 0 Å². The average Bonchev–Trinajstić information content (AvgIpc) is 3.19. The Labute approximate surface area is 188 Å². The zero-order chi connectivity index (χ0) is 23.8. The smallest absolute Gasteiger partial charge is 0.256 e. The lowest BCUT2D eigenvalue weighted by molar-refractivity contribution is -0.119. The number of amides is 2. The van der Waals surface area contributed by atoms with Crippen LogP contribution in [-0.2, 0) is 14.3 Å². The molecule has 0 spiro atoms. The summed E-state index contributed by atoms with van der Waals surface area (Å²) in [5.74, 6) is -0.565. The van der Waals surface area contributed by atoms with E-state index in [1.807, 2.05) is 20.8 Å². The number of hydrogen-bond donors (Lipinski definition) is 4. The number of ether oxygens (including phenoxy) is 1. The van der Waals surface area contributed by atoms with Crippen LogP contribution in [0, 0.1) is 26.6 Å². The van der Waals surface area contributed by atoms with Crippen LogP contribution in [0.25, 0.3) is 11.6 Å². The van der Waals surface area contributed by atoms with E-state index in [0.29, 0.717) is 23.4 Å². The van der Waals surface area contributed by atoms with Crippen LogP contribution in [0.3, 0.4) is 0 Å². The normalized spacial score (nSPS) is 14.5. The van der Waals surface area contributed by atoms with E-state index in [9.17, 15) is 14.0 Å². The summed E-state index contributed by atoms with van der Waals surface area (Å²) in [5, 5.41) is 14.1. The molecular weight excluding hydrogens is 413 g/mol. The van der Waals surface area contributed by atoms with Gasteiger partial charge in [-0.1, -0.05) is 0 Å². The number of methoxy groups -OCH3 is 1. The Morgan fingerprint density at radius 2 is 2.00 bits per heavy atom. The molecule has 2 aromatic rings. The third-order valence-electron chi connectivity index (χ3n) is 5.52. The molecule has 0 saturated heterocycles. The van der Waals surface area contributed by atoms with Crippen molar-refractivity contribution in [1.82, 2.24) is 10.3 Å². The number of aromatic nitrogens is 1. The molecule has 4 N–H and O–H groups in total. The Morgan fingerprint density at radius 3 is 2.56 bits per heavy atom. The fraction of sp³-hybridized carbons (Fsp3) is 0.417. The van der Waals surface area contributed by atoms with Gasteiger partial charge in [0.2, 0.25) is 5.91 Å². The number of halogens is 1. The second kappa shape index (κ2) is 11.6. The summed E-state index contributed by atoms with van der Waals surface area (Å²) in [4.78, 5) is 25.7. The Hall–Kier alpha value is -2.97. The first-order valence-corrected chi connectivity index (χ1v) is 10.5. The maximum atomic E-state index is 13.4. The highest BCUT2D eigenvalue weighted by atomic mass is 19.1. The Bertz CT molecular complexity index is 993. The Kier molecular flexibility index (Phi) is 9.16. The summed E-state index contributed by atoms with van der Waals surface area (Å²) >= 11 is 0. The second-order valence-electron chi connectivity index (χ2n) is 7.78. The molecule has 1 aromatic carbocycles. The van der Waals surface area contributed by atoms with E-state index in [1.54, 1.807) is 19.3 Å². The molecule has 0 bridgehead atoms. The number of aryl methyl sites for hydroxylation is 1. The molecule has 1 aliphatic rings. The molecule has 3 rings (SSSR count). The van der Waals surface area contributed by atoms with Crippen LogP contribution in [0.15, 0.2) is 18.2 Å². The molecule has 32 heavy (non-hydrogen) atoms. The predicted molar refractivity (Wildman–Crippen MR) is 124 cm³/mol. The van der Waals surface area contributed by atoms with Crippen LogP contribution in [-0.4, -0.2) is 48.3 Å². The van der Waals surface area contributed by atoms with Crippen molar-refractivity contribution in [3.05, 3.63) is 52.1 Å². The third kappa shape index (κ3) is 6.51. The fourth-order valence-corrected chi connectivity index (χ4v) is 3.34. The first-order chi connectivity index (χ1) is 15.2. The van der Waals surface area contributed by atoms with Gasteiger partial charge in [0, 0.05) is 43.2 Å². The highest BCUT2D eigenvalue weighted by molar-refractivity contribution is 6.34. The van der Waals surface area contributed by atoms with Gasteiger partial charge in [-0.3, -0.25) is 9.59 Å². The summed E-state index contributed by atoms with van der Waals surface area (Å²) in [6.07, 6.45) is 3.29. The molecule has 1 aromatic heterocycles. The van der Waals surface area contributed by atoms with Crippen molar-refractivity contribution in [2.24, 2.45) is 0 Å². The average molecular weight is 446 g/mol. The van der Waals surface area contributed by atoms with Crippen molar-refractivity contribution in [1.29, 1.82) is 0 Å². The van der Waals surface area contributed by atoms with Gasteiger partial charge in [-0.2, -0.15) is 0 Å². The molecule has 2 amide bonds. The zero-order valence-corrected chi connectivity index (χ0v) is 19.3. The zero-order valence-electron chi connectivity index (χ0n) is 19.3. The van der Waals surface area contributed by atoms with Gasteiger partial charge in [0.05, 0.1) is 18.3 Å². The largest absolute Gasteiger partial charge is 0.394 e. The van der Waals surface area contributed by atoms with Crippen LogP contribution >= 0.6 is 0 Å². The van der Waals surface area contributed by atoms with E-state index in [-0.39, 0.29) is 30.3 Å². The van der Waals surface area contributed by atoms with Crippen molar-refractivity contribution in [2.45, 2.75) is 46.6 Å². The van der Waals surface area contributed by atoms with Gasteiger partial charge in [-0.15, -0.1) is 0 Å². The number of aliphatic hydroxyl groups is 1. The van der Waals surface area contributed by atoms with E-state index >= 15 is 0 Å². The lowest BCUT2D eigenvalue weighted by atomic mass is 10.0. The number of carbonyl (C=O) groups is 2. The summed E-state index contributed by atoms with van der Waals surface area (Å²) in [5.41, 5.74) is 6.00. The van der Waals surface area contributed by atoms with Crippen molar-refractivity contribution < 1.29 is 23.8 Å². The van der Waals surface area contributed by atoms with E-state index in [4.69, 9.17) is 9.84 Å². The monoisotopic (exact) mass is 445 g/mol. The molecule has 0 unspecified atom stereocenters. The first-order valence-electron chi connectivity index (χ1n) is 10.5. The van der Waals surface area contributed by atoms with E-state index in [1.165, 1.54) is 24.6 Å². The standard InChI is InChI=1S/C16H15FN2O.C8H17NO3/c1-8-9(2)15(18-10(8)3)7-13-12-6-11(17)4-5-14(12)19-16(13)20;1-7(11)9-5-3-4-8(6-10)12-2/h4-7,18H,1-3H3,(H,19,20);8,10H,3-6H2,1-2H3,(H,9,11)/b13-7-;/t;8-/m.0/s1. The Balaban J connectivity index is 0.000000262. The molecule has 0 saturated carbocycles. The van der Waals surface area contributed by atoms with E-state index in [2.05, 4.69) is 15.6 Å². The number of fused-ring (bicyclic) bond motifs is 1. The minimum absolute atomic E-state index is 0.0204. The maximum absolute atomic E-state index is 13.4. The van der Waals surface area contributed by atoms with Gasteiger partial charge in [0.15, 0.2) is 0 Å². The minimum atomic E-state index is -0.346. The van der Waals surface area contributed by atoms with Crippen molar-refractivity contribution >= 4 is 29.2 Å². The highest BCUT2D eigenvalue weighted by Crippen LogP contribution is 2.34. The highest BCUT2D eigenvalue weighted by Gasteiger charge is 2.25. The van der Waals surface area contributed by atoms with Gasteiger partial charge < -0.3 is 25.5 Å². The third-order valence-corrected chi connectivity index (χ3v) is 5.52. The number of aliphatic hydroxyl groups excluding tert-OH is 1. The SMILES string of the molecule is CO[C@H](CO)CCCNC(C)=O.Cc1[nH]c(/C=C2\C(=O)Nc3ccc(F)cc32)c(C)c1C.